The summed E-state index contributed by atoms with van der Waals surface area (Å²) in [6, 6.07) is 8.21. The molecule has 0 N–H and O–H groups in total. The van der Waals surface area contributed by atoms with Crippen molar-refractivity contribution in [3.8, 4) is 11.3 Å². The van der Waals surface area contributed by atoms with Crippen LogP contribution in [0.3, 0.4) is 0 Å². The fourth-order valence-electron chi connectivity index (χ4n) is 2.95. The van der Waals surface area contributed by atoms with E-state index in [1.165, 1.54) is 6.20 Å². The van der Waals surface area contributed by atoms with E-state index in [9.17, 15) is 21.6 Å². The van der Waals surface area contributed by atoms with Gasteiger partial charge < -0.3 is 8.98 Å². The molecule has 0 radical (unpaired) electrons. The molecule has 0 amide bonds. The molecule has 1 saturated carbocycles. The minimum atomic E-state index is -4.61. The summed E-state index contributed by atoms with van der Waals surface area (Å²) in [5.41, 5.74) is 0.510. The first kappa shape index (κ1) is 18.7. The molecule has 0 unspecified atom stereocenters. The van der Waals surface area contributed by atoms with Crippen molar-refractivity contribution in [2.45, 2.75) is 42.4 Å². The second kappa shape index (κ2) is 6.77. The van der Waals surface area contributed by atoms with Gasteiger partial charge in [0.25, 0.3) is 0 Å². The first-order valence-electron chi connectivity index (χ1n) is 8.58. The molecule has 1 aliphatic carbocycles. The molecular weight excluding hydrogens is 395 g/mol. The SMILES string of the molecule is O=S(=O)(Cc1ncc(C2CC2)o1)c1ncc(-c2ccccc2)n1CC(F)(F)F. The van der Waals surface area contributed by atoms with Gasteiger partial charge in [-0.2, -0.15) is 13.2 Å². The van der Waals surface area contributed by atoms with Crippen LogP contribution in [-0.4, -0.2) is 29.1 Å². The Morgan fingerprint density at radius 1 is 1.11 bits per heavy atom. The lowest BCUT2D eigenvalue weighted by atomic mass is 10.2. The molecule has 1 aliphatic rings. The molecule has 1 aromatic carbocycles. The van der Waals surface area contributed by atoms with Gasteiger partial charge in [0.05, 0.1) is 18.1 Å². The molecule has 4 rings (SSSR count). The maximum Gasteiger partial charge on any atom is 0.406 e. The highest BCUT2D eigenvalue weighted by Gasteiger charge is 2.35. The van der Waals surface area contributed by atoms with E-state index in [2.05, 4.69) is 9.97 Å². The van der Waals surface area contributed by atoms with Crippen LogP contribution in [0.5, 0.6) is 0 Å². The lowest BCUT2D eigenvalue weighted by Crippen LogP contribution is -2.22. The van der Waals surface area contributed by atoms with Gasteiger partial charge in [0.2, 0.25) is 20.9 Å². The van der Waals surface area contributed by atoms with Crippen LogP contribution in [-0.2, 0) is 22.1 Å². The van der Waals surface area contributed by atoms with Crippen molar-refractivity contribution in [3.05, 3.63) is 54.4 Å². The fraction of sp³-hybridized carbons (Fsp3) is 0.333. The molecule has 148 valence electrons. The Balaban J connectivity index is 1.71. The van der Waals surface area contributed by atoms with Gasteiger partial charge in [-0.3, -0.25) is 0 Å². The first-order chi connectivity index (χ1) is 13.2. The van der Waals surface area contributed by atoms with Crippen molar-refractivity contribution >= 4 is 9.84 Å². The highest BCUT2D eigenvalue weighted by molar-refractivity contribution is 7.90. The highest BCUT2D eigenvalue weighted by Crippen LogP contribution is 2.40. The number of benzene rings is 1. The number of oxazole rings is 1. The van der Waals surface area contributed by atoms with Crippen molar-refractivity contribution in [1.82, 2.24) is 14.5 Å². The minimum Gasteiger partial charge on any atom is -0.444 e. The Kier molecular flexibility index (Phi) is 4.53. The predicted octanol–water partition coefficient (Wildman–Crippen LogP) is 3.95. The third-order valence-electron chi connectivity index (χ3n) is 4.37. The summed E-state index contributed by atoms with van der Waals surface area (Å²) in [5.74, 6) is 0.155. The third kappa shape index (κ3) is 3.96. The molecular formula is C18H16F3N3O3S. The van der Waals surface area contributed by atoms with Crippen molar-refractivity contribution in [1.29, 1.82) is 0 Å². The Labute approximate surface area is 159 Å². The molecule has 0 saturated heterocycles. The van der Waals surface area contributed by atoms with Gasteiger partial charge in [0.1, 0.15) is 18.1 Å². The summed E-state index contributed by atoms with van der Waals surface area (Å²) in [5, 5.41) is -0.658. The molecule has 28 heavy (non-hydrogen) atoms. The Morgan fingerprint density at radius 2 is 1.82 bits per heavy atom. The van der Waals surface area contributed by atoms with Crippen LogP contribution in [0.2, 0.25) is 0 Å². The Hall–Kier alpha value is -2.62. The van der Waals surface area contributed by atoms with Gasteiger partial charge in [-0.1, -0.05) is 30.3 Å². The van der Waals surface area contributed by atoms with Crippen LogP contribution in [0.15, 0.2) is 52.3 Å². The van der Waals surface area contributed by atoms with Crippen LogP contribution in [0.4, 0.5) is 13.2 Å². The average Bonchev–Trinajstić information content (AvgIpc) is 3.23. The molecule has 2 heterocycles. The number of hydrogen-bond acceptors (Lipinski definition) is 5. The summed E-state index contributed by atoms with van der Waals surface area (Å²) in [7, 11) is -4.20. The van der Waals surface area contributed by atoms with E-state index in [1.54, 1.807) is 30.3 Å². The number of nitrogens with zero attached hydrogens (tertiary/aromatic N) is 3. The Bertz CT molecular complexity index is 1080. The van der Waals surface area contributed by atoms with Crippen LogP contribution in [0.1, 0.15) is 30.4 Å². The average molecular weight is 411 g/mol. The fourth-order valence-corrected chi connectivity index (χ4v) is 4.25. The van der Waals surface area contributed by atoms with Gasteiger partial charge in [-0.25, -0.2) is 18.4 Å². The largest absolute Gasteiger partial charge is 0.444 e. The molecule has 0 atom stereocenters. The topological polar surface area (TPSA) is 78.0 Å². The van der Waals surface area contributed by atoms with E-state index in [0.717, 1.165) is 19.0 Å². The van der Waals surface area contributed by atoms with Crippen LogP contribution in [0.25, 0.3) is 11.3 Å². The molecule has 1 fully saturated rings. The van der Waals surface area contributed by atoms with Gasteiger partial charge in [-0.15, -0.1) is 0 Å². The van der Waals surface area contributed by atoms with Crippen LogP contribution in [0, 0.1) is 0 Å². The van der Waals surface area contributed by atoms with Crippen molar-refractivity contribution in [2.24, 2.45) is 0 Å². The number of hydrogen-bond donors (Lipinski definition) is 0. The molecule has 6 nitrogen and oxygen atoms in total. The van der Waals surface area contributed by atoms with E-state index in [0.29, 0.717) is 15.9 Å². The number of alkyl halides is 3. The molecule has 0 spiro atoms. The lowest BCUT2D eigenvalue weighted by molar-refractivity contribution is -0.141. The zero-order chi connectivity index (χ0) is 19.9. The zero-order valence-corrected chi connectivity index (χ0v) is 15.4. The summed E-state index contributed by atoms with van der Waals surface area (Å²) < 4.78 is 71.1. The lowest BCUT2D eigenvalue weighted by Gasteiger charge is -2.14. The molecule has 10 heteroatoms. The normalized spacial score (nSPS) is 15.1. The van der Waals surface area contributed by atoms with E-state index < -0.39 is 33.5 Å². The van der Waals surface area contributed by atoms with E-state index in [-0.39, 0.29) is 17.5 Å². The smallest absolute Gasteiger partial charge is 0.406 e. The third-order valence-corrected chi connectivity index (χ3v) is 5.88. The predicted molar refractivity (Wildman–Crippen MR) is 93.1 cm³/mol. The Morgan fingerprint density at radius 3 is 2.46 bits per heavy atom. The number of imidazole rings is 1. The summed E-state index contributed by atoms with van der Waals surface area (Å²) in [6.45, 7) is -1.47. The quantitative estimate of drug-likeness (QED) is 0.614. The maximum absolute atomic E-state index is 13.1. The van der Waals surface area contributed by atoms with E-state index in [1.807, 2.05) is 0 Å². The van der Waals surface area contributed by atoms with E-state index in [4.69, 9.17) is 4.42 Å². The zero-order valence-electron chi connectivity index (χ0n) is 14.6. The number of halogens is 3. The minimum absolute atomic E-state index is 0.0512. The van der Waals surface area contributed by atoms with Gasteiger partial charge >= 0.3 is 6.18 Å². The van der Waals surface area contributed by atoms with Gasteiger partial charge in [-0.05, 0) is 18.4 Å². The summed E-state index contributed by atoms with van der Waals surface area (Å²) in [6.07, 6.45) is -0.0918. The summed E-state index contributed by atoms with van der Waals surface area (Å²) in [4.78, 5) is 7.76. The van der Waals surface area contributed by atoms with Gasteiger partial charge in [0.15, 0.2) is 0 Å². The molecule has 3 aromatic rings. The second-order valence-electron chi connectivity index (χ2n) is 6.68. The van der Waals surface area contributed by atoms with Gasteiger partial charge in [0, 0.05) is 5.92 Å². The van der Waals surface area contributed by atoms with Crippen molar-refractivity contribution in [2.75, 3.05) is 0 Å². The number of rotatable bonds is 6. The van der Waals surface area contributed by atoms with E-state index >= 15 is 0 Å². The van der Waals surface area contributed by atoms with Crippen LogP contribution >= 0.6 is 0 Å². The van der Waals surface area contributed by atoms with Crippen molar-refractivity contribution in [3.63, 3.8) is 0 Å². The molecule has 0 aliphatic heterocycles. The van der Waals surface area contributed by atoms with Crippen molar-refractivity contribution < 1.29 is 26.0 Å². The molecule has 2 aromatic heterocycles. The first-order valence-corrected chi connectivity index (χ1v) is 10.2. The standard InChI is InChI=1S/C18H16F3N3O3S/c19-18(20,21)11-24-14(12-4-2-1-3-5-12)8-23-17(24)28(25,26)10-16-22-9-15(27-16)13-6-7-13/h1-5,8-9,13H,6-7,10-11H2. The monoisotopic (exact) mass is 411 g/mol. The van der Waals surface area contributed by atoms with Crippen LogP contribution < -0.4 is 0 Å². The summed E-state index contributed by atoms with van der Waals surface area (Å²) >= 11 is 0. The molecule has 0 bridgehead atoms. The second-order valence-corrected chi connectivity index (χ2v) is 8.57. The number of aromatic nitrogens is 3. The highest BCUT2D eigenvalue weighted by atomic mass is 32.2. The number of sulfone groups is 1. The maximum atomic E-state index is 13.1.